The summed E-state index contributed by atoms with van der Waals surface area (Å²) in [5, 5.41) is 1.48. The fraction of sp³-hybridized carbons (Fsp3) is 0.412. The Bertz CT molecular complexity index is 604. The third-order valence-electron chi connectivity index (χ3n) is 3.29. The average molecular weight is 279 g/mol. The summed E-state index contributed by atoms with van der Waals surface area (Å²) in [6.45, 7) is 9.65. The summed E-state index contributed by atoms with van der Waals surface area (Å²) in [5.41, 5.74) is 6.89. The van der Waals surface area contributed by atoms with E-state index in [1.807, 2.05) is 34.6 Å². The maximum atomic E-state index is 14.2. The molecule has 2 rings (SSSR count). The van der Waals surface area contributed by atoms with Gasteiger partial charge >= 0.3 is 0 Å². The van der Waals surface area contributed by atoms with Crippen LogP contribution in [0.1, 0.15) is 51.7 Å². The zero-order valence-electron chi connectivity index (χ0n) is 12.8. The Morgan fingerprint density at radius 3 is 2.25 bits per heavy atom. The molecule has 0 radical (unpaired) electrons. The molecule has 0 aliphatic rings. The van der Waals surface area contributed by atoms with Gasteiger partial charge in [0, 0.05) is 5.56 Å². The van der Waals surface area contributed by atoms with Crippen molar-refractivity contribution in [3.05, 3.63) is 41.0 Å². The third-order valence-corrected chi connectivity index (χ3v) is 3.29. The lowest BCUT2D eigenvalue weighted by molar-refractivity contribution is 0.602. The number of nitrogen functional groups attached to an aromatic ring is 1. The number of hydrogen-bond acceptors (Lipinski definition) is 1. The van der Waals surface area contributed by atoms with Gasteiger partial charge in [-0.3, -0.25) is 0 Å². The Morgan fingerprint density at radius 1 is 1.15 bits per heavy atom. The van der Waals surface area contributed by atoms with Gasteiger partial charge in [-0.15, -0.1) is 0 Å². The number of aryl methyl sites for hydroxylation is 1. The monoisotopic (exact) mass is 279 g/mol. The topological polar surface area (TPSA) is 26.0 Å². The summed E-state index contributed by atoms with van der Waals surface area (Å²) in [7, 11) is 0. The van der Waals surface area contributed by atoms with Crippen LogP contribution in [0.25, 0.3) is 10.8 Å². The molecule has 0 fully saturated rings. The van der Waals surface area contributed by atoms with E-state index in [0.717, 1.165) is 5.39 Å². The first-order valence-electron chi connectivity index (χ1n) is 7.16. The van der Waals surface area contributed by atoms with Gasteiger partial charge in [-0.1, -0.05) is 40.7 Å². The lowest BCUT2D eigenvalue weighted by Gasteiger charge is -2.16. The van der Waals surface area contributed by atoms with Gasteiger partial charge in [0.1, 0.15) is 11.6 Å². The minimum atomic E-state index is -0.419. The normalized spacial score (nSPS) is 10.6. The standard InChI is InChI=1S/C15H17F2N.C2H6/c1-4-10-11(16)6-5-9-7-12(18)15(17)13(8(2)3)14(9)10;1-2/h5-8H,4,18H2,1-3H3;1-2H3. The smallest absolute Gasteiger partial charge is 0.150 e. The maximum absolute atomic E-state index is 14.2. The first kappa shape index (κ1) is 16.4. The van der Waals surface area contributed by atoms with Crippen LogP contribution < -0.4 is 5.73 Å². The van der Waals surface area contributed by atoms with Crippen LogP contribution >= 0.6 is 0 Å². The first-order valence-corrected chi connectivity index (χ1v) is 7.16. The van der Waals surface area contributed by atoms with Gasteiger partial charge in [0.2, 0.25) is 0 Å². The molecule has 0 aliphatic carbocycles. The highest BCUT2D eigenvalue weighted by atomic mass is 19.1. The number of halogens is 2. The van der Waals surface area contributed by atoms with Gasteiger partial charge in [-0.2, -0.15) is 0 Å². The van der Waals surface area contributed by atoms with Crippen molar-refractivity contribution in [1.29, 1.82) is 0 Å². The molecule has 2 aromatic carbocycles. The van der Waals surface area contributed by atoms with Crippen molar-refractivity contribution in [2.45, 2.75) is 47.0 Å². The van der Waals surface area contributed by atoms with Crippen molar-refractivity contribution in [2.75, 3.05) is 5.73 Å². The molecule has 0 saturated carbocycles. The quantitative estimate of drug-likeness (QED) is 0.730. The van der Waals surface area contributed by atoms with Crippen molar-refractivity contribution in [3.8, 4) is 0 Å². The zero-order chi connectivity index (χ0) is 15.4. The van der Waals surface area contributed by atoms with Gasteiger partial charge < -0.3 is 5.73 Å². The number of rotatable bonds is 2. The predicted molar refractivity (Wildman–Crippen MR) is 83.1 cm³/mol. The first-order chi connectivity index (χ1) is 9.47. The summed E-state index contributed by atoms with van der Waals surface area (Å²) in [4.78, 5) is 0. The van der Waals surface area contributed by atoms with E-state index in [1.54, 1.807) is 12.1 Å². The number of anilines is 1. The van der Waals surface area contributed by atoms with Crippen LogP contribution in [0.3, 0.4) is 0 Å². The Balaban J connectivity index is 0.000000956. The molecule has 0 spiro atoms. The van der Waals surface area contributed by atoms with E-state index in [4.69, 9.17) is 5.73 Å². The van der Waals surface area contributed by atoms with Crippen LogP contribution in [0, 0.1) is 11.6 Å². The van der Waals surface area contributed by atoms with Crippen LogP contribution in [0.2, 0.25) is 0 Å². The molecule has 1 nitrogen and oxygen atoms in total. The largest absolute Gasteiger partial charge is 0.396 e. The predicted octanol–water partition coefficient (Wildman–Crippen LogP) is 5.41. The lowest BCUT2D eigenvalue weighted by Crippen LogP contribution is -2.03. The Kier molecular flexibility index (Phi) is 5.49. The molecule has 0 aliphatic heterocycles. The van der Waals surface area contributed by atoms with Crippen LogP contribution in [0.15, 0.2) is 18.2 Å². The fourth-order valence-corrected chi connectivity index (χ4v) is 2.46. The minimum Gasteiger partial charge on any atom is -0.396 e. The van der Waals surface area contributed by atoms with Crippen LogP contribution in [-0.4, -0.2) is 0 Å². The number of benzene rings is 2. The van der Waals surface area contributed by atoms with E-state index in [2.05, 4.69) is 0 Å². The lowest BCUT2D eigenvalue weighted by atomic mass is 9.90. The molecule has 2 aromatic rings. The SMILES string of the molecule is CC.CCc1c(F)ccc2cc(N)c(F)c(C(C)C)c12. The molecule has 20 heavy (non-hydrogen) atoms. The van der Waals surface area contributed by atoms with E-state index in [1.165, 1.54) is 6.07 Å². The molecule has 0 unspecified atom stereocenters. The van der Waals surface area contributed by atoms with Crippen molar-refractivity contribution >= 4 is 16.5 Å². The molecule has 0 saturated heterocycles. The van der Waals surface area contributed by atoms with Crippen molar-refractivity contribution in [2.24, 2.45) is 0 Å². The molecule has 110 valence electrons. The van der Waals surface area contributed by atoms with Crippen molar-refractivity contribution < 1.29 is 8.78 Å². The molecular formula is C17H23F2N. The highest BCUT2D eigenvalue weighted by Crippen LogP contribution is 2.35. The summed E-state index contributed by atoms with van der Waals surface area (Å²) in [5.74, 6) is -0.739. The van der Waals surface area contributed by atoms with Crippen LogP contribution in [0.4, 0.5) is 14.5 Å². The highest BCUT2D eigenvalue weighted by Gasteiger charge is 2.18. The van der Waals surface area contributed by atoms with Gasteiger partial charge in [0.25, 0.3) is 0 Å². The molecule has 0 atom stereocenters. The Labute approximate surface area is 119 Å². The van der Waals surface area contributed by atoms with E-state index in [0.29, 0.717) is 22.9 Å². The highest BCUT2D eigenvalue weighted by molar-refractivity contribution is 5.92. The number of hydrogen-bond donors (Lipinski definition) is 1. The van der Waals surface area contributed by atoms with E-state index >= 15 is 0 Å². The molecule has 2 N–H and O–H groups in total. The molecule has 0 heterocycles. The third kappa shape index (κ3) is 2.77. The Morgan fingerprint density at radius 2 is 1.75 bits per heavy atom. The zero-order valence-corrected chi connectivity index (χ0v) is 12.8. The van der Waals surface area contributed by atoms with E-state index < -0.39 is 5.82 Å². The Hall–Kier alpha value is -1.64. The summed E-state index contributed by atoms with van der Waals surface area (Å²) in [6, 6.07) is 4.66. The van der Waals surface area contributed by atoms with E-state index in [-0.39, 0.29) is 17.4 Å². The fourth-order valence-electron chi connectivity index (χ4n) is 2.46. The van der Waals surface area contributed by atoms with Crippen molar-refractivity contribution in [3.63, 3.8) is 0 Å². The summed E-state index contributed by atoms with van der Waals surface area (Å²) < 4.78 is 28.0. The maximum Gasteiger partial charge on any atom is 0.150 e. The number of fused-ring (bicyclic) bond motifs is 1. The minimum absolute atomic E-state index is 0.0388. The second kappa shape index (κ2) is 6.69. The molecule has 3 heteroatoms. The molecule has 0 bridgehead atoms. The van der Waals surface area contributed by atoms with Crippen LogP contribution in [-0.2, 0) is 6.42 Å². The van der Waals surface area contributed by atoms with E-state index in [9.17, 15) is 8.78 Å². The second-order valence-corrected chi connectivity index (χ2v) is 4.83. The number of nitrogens with two attached hydrogens (primary N) is 1. The van der Waals surface area contributed by atoms with Gasteiger partial charge in [-0.05, 0) is 40.8 Å². The molecular weight excluding hydrogens is 256 g/mol. The average Bonchev–Trinajstić information content (AvgIpc) is 2.42. The molecule has 0 amide bonds. The van der Waals surface area contributed by atoms with Gasteiger partial charge in [-0.25, -0.2) is 8.78 Å². The van der Waals surface area contributed by atoms with Crippen LogP contribution in [0.5, 0.6) is 0 Å². The molecule has 0 aromatic heterocycles. The van der Waals surface area contributed by atoms with Crippen molar-refractivity contribution in [1.82, 2.24) is 0 Å². The van der Waals surface area contributed by atoms with Gasteiger partial charge in [0.15, 0.2) is 0 Å². The summed E-state index contributed by atoms with van der Waals surface area (Å²) >= 11 is 0. The summed E-state index contributed by atoms with van der Waals surface area (Å²) in [6.07, 6.45) is 0.534. The van der Waals surface area contributed by atoms with Gasteiger partial charge in [0.05, 0.1) is 5.69 Å². The second-order valence-electron chi connectivity index (χ2n) is 4.83.